The molecule has 1 heterocycles. The third-order valence-electron chi connectivity index (χ3n) is 6.13. The third-order valence-corrected chi connectivity index (χ3v) is 7.26. The fourth-order valence-corrected chi connectivity index (χ4v) is 5.38. The minimum Gasteiger partial charge on any atom is -0.464 e. The Morgan fingerprint density at radius 1 is 0.833 bits per heavy atom. The summed E-state index contributed by atoms with van der Waals surface area (Å²) in [6, 6.07) is -1.75. The molecule has 0 aromatic rings. The maximum Gasteiger partial charge on any atom is 0.460 e. The summed E-state index contributed by atoms with van der Waals surface area (Å²) in [6.45, 7) is 3.97. The predicted molar refractivity (Wildman–Crippen MR) is 138 cm³/mol. The summed E-state index contributed by atoms with van der Waals surface area (Å²) in [4.78, 5) is 73.2. The van der Waals surface area contributed by atoms with Crippen molar-refractivity contribution in [1.29, 1.82) is 0 Å². The number of methoxy groups -OCH3 is 1. The van der Waals surface area contributed by atoms with Gasteiger partial charge in [-0.1, -0.05) is 0 Å². The average Bonchev–Trinajstić information content (AvgIpc) is 2.90. The molecule has 48 heavy (non-hydrogen) atoms. The number of carbonyl (C=O) groups is 6. The maximum absolute atomic E-state index is 14.3. The molecule has 23 heteroatoms. The van der Waals surface area contributed by atoms with Crippen molar-refractivity contribution in [3.63, 3.8) is 0 Å². The number of hydrogen-bond acceptors (Lipinski definition) is 13. The molecule has 1 rings (SSSR count). The van der Waals surface area contributed by atoms with Crippen molar-refractivity contribution >= 4 is 47.5 Å². The molecule has 6 atom stereocenters. The first-order valence-corrected chi connectivity index (χ1v) is 14.3. The van der Waals surface area contributed by atoms with E-state index in [1.165, 1.54) is 0 Å². The molecule has 276 valence electrons. The number of nitrogens with one attached hydrogen (secondary N) is 1. The quantitative estimate of drug-likeness (QED) is 0.157. The summed E-state index contributed by atoms with van der Waals surface area (Å²) >= 11 is -0.473. The Hall–Kier alpha value is -3.50. The van der Waals surface area contributed by atoms with E-state index in [1.807, 2.05) is 0 Å². The Morgan fingerprint density at radius 3 is 1.79 bits per heavy atom. The maximum atomic E-state index is 14.3. The smallest absolute Gasteiger partial charge is 0.460 e. The minimum atomic E-state index is -7.19. The average molecular weight is 740 g/mol. The number of alkyl halides is 9. The minimum absolute atomic E-state index is 0.473. The van der Waals surface area contributed by atoms with E-state index < -0.39 is 126 Å². The lowest BCUT2D eigenvalue weighted by atomic mass is 9.88. The van der Waals surface area contributed by atoms with Gasteiger partial charge < -0.3 is 33.7 Å². The highest BCUT2D eigenvalue weighted by Gasteiger charge is 2.81. The van der Waals surface area contributed by atoms with Crippen LogP contribution in [0.25, 0.3) is 0 Å². The number of thioether (sulfide) groups is 1. The summed E-state index contributed by atoms with van der Waals surface area (Å²) in [7, 11) is 0.785. The van der Waals surface area contributed by atoms with Gasteiger partial charge in [-0.2, -0.15) is 51.3 Å². The largest absolute Gasteiger partial charge is 0.464 e. The third kappa shape index (κ3) is 10.0. The second-order valence-corrected chi connectivity index (χ2v) is 11.1. The lowest BCUT2D eigenvalue weighted by molar-refractivity contribution is -0.392. The summed E-state index contributed by atoms with van der Waals surface area (Å²) in [6.07, 6.45) is -16.3. The topological polar surface area (TPSA) is 170 Å². The van der Waals surface area contributed by atoms with Gasteiger partial charge in [0.25, 0.3) is 0 Å². The summed E-state index contributed by atoms with van der Waals surface area (Å²) < 4.78 is 151. The van der Waals surface area contributed by atoms with Crippen LogP contribution in [0, 0.1) is 0 Å². The van der Waals surface area contributed by atoms with Crippen LogP contribution in [-0.2, 0) is 57.2 Å². The van der Waals surface area contributed by atoms with Crippen molar-refractivity contribution in [1.82, 2.24) is 5.32 Å². The van der Waals surface area contributed by atoms with Gasteiger partial charge in [-0.05, 0) is 0 Å². The van der Waals surface area contributed by atoms with Crippen LogP contribution >= 0.6 is 11.8 Å². The molecule has 0 saturated carbocycles. The van der Waals surface area contributed by atoms with Crippen molar-refractivity contribution in [2.24, 2.45) is 0 Å². The molecule has 1 fully saturated rings. The highest BCUT2D eigenvalue weighted by Crippen LogP contribution is 2.53. The van der Waals surface area contributed by atoms with Gasteiger partial charge in [-0.25, -0.2) is 4.79 Å². The molecule has 0 aromatic heterocycles. The first-order chi connectivity index (χ1) is 21.7. The number of amides is 1. The fourth-order valence-electron chi connectivity index (χ4n) is 4.34. The van der Waals surface area contributed by atoms with Crippen LogP contribution in [0.15, 0.2) is 0 Å². The summed E-state index contributed by atoms with van der Waals surface area (Å²) in [5.74, 6) is -34.2. The molecule has 1 amide bonds. The van der Waals surface area contributed by atoms with E-state index in [2.05, 4.69) is 10.1 Å². The van der Waals surface area contributed by atoms with Gasteiger partial charge >= 0.3 is 59.6 Å². The van der Waals surface area contributed by atoms with E-state index >= 15 is 0 Å². The van der Waals surface area contributed by atoms with Gasteiger partial charge in [-0.3, -0.25) is 24.0 Å². The Labute approximate surface area is 269 Å². The molecule has 0 spiro atoms. The predicted octanol–water partition coefficient (Wildman–Crippen LogP) is 2.71. The highest BCUT2D eigenvalue weighted by atomic mass is 32.2. The normalized spacial score (nSPS) is 23.2. The number of ether oxygens (including phenoxy) is 6. The van der Waals surface area contributed by atoms with E-state index in [0.29, 0.717) is 6.92 Å². The standard InChI is InChI=1S/C25H30F9NO12S/c1-10(36)35-17-15(43-11(2)37)7-21(20(41)42-6,46-14(5)40)47-19(17)18(45-13(4)39)16(44-12(3)38)8-48-9-22(26,27)23(28,29)24(30,31)25(32,33)34/h15-19H,7-9H2,1-6H3,(H,35,36)/t15-,16+,17+,18-,19?,21-/m0/s1. The lowest BCUT2D eigenvalue weighted by Gasteiger charge is -2.48. The van der Waals surface area contributed by atoms with Crippen molar-refractivity contribution in [2.75, 3.05) is 18.6 Å². The molecule has 0 radical (unpaired) electrons. The highest BCUT2D eigenvalue weighted by molar-refractivity contribution is 7.99. The van der Waals surface area contributed by atoms with Crippen LogP contribution in [0.5, 0.6) is 0 Å². The van der Waals surface area contributed by atoms with Gasteiger partial charge in [0.2, 0.25) is 5.91 Å². The molecular formula is C25H30F9NO12S. The molecule has 13 nitrogen and oxygen atoms in total. The second kappa shape index (κ2) is 15.8. The molecule has 0 aromatic carbocycles. The zero-order chi connectivity index (χ0) is 37.6. The van der Waals surface area contributed by atoms with Crippen molar-refractivity contribution in [3.05, 3.63) is 0 Å². The Morgan fingerprint density at radius 2 is 1.38 bits per heavy atom. The summed E-state index contributed by atoms with van der Waals surface area (Å²) in [5, 5.41) is 2.25. The van der Waals surface area contributed by atoms with Crippen LogP contribution in [0.2, 0.25) is 0 Å². The van der Waals surface area contributed by atoms with Crippen LogP contribution in [0.4, 0.5) is 39.5 Å². The summed E-state index contributed by atoms with van der Waals surface area (Å²) in [5.41, 5.74) is 0. The molecule has 1 aliphatic rings. The van der Waals surface area contributed by atoms with Gasteiger partial charge in [0, 0.05) is 40.4 Å². The lowest BCUT2D eigenvalue weighted by Crippen LogP contribution is -2.69. The Bertz CT molecular complexity index is 1240. The van der Waals surface area contributed by atoms with Crippen molar-refractivity contribution in [3.8, 4) is 0 Å². The number of esters is 5. The van der Waals surface area contributed by atoms with Crippen molar-refractivity contribution < 1.29 is 96.7 Å². The molecule has 0 bridgehead atoms. The monoisotopic (exact) mass is 739 g/mol. The van der Waals surface area contributed by atoms with Gasteiger partial charge in [0.1, 0.15) is 12.2 Å². The van der Waals surface area contributed by atoms with Crippen LogP contribution in [0.1, 0.15) is 41.0 Å². The van der Waals surface area contributed by atoms with Crippen molar-refractivity contribution in [2.45, 2.75) is 101 Å². The number of hydrogen-bond donors (Lipinski definition) is 1. The number of halogens is 9. The molecule has 1 unspecified atom stereocenters. The zero-order valence-electron chi connectivity index (χ0n) is 25.7. The van der Waals surface area contributed by atoms with E-state index in [9.17, 15) is 68.3 Å². The van der Waals surface area contributed by atoms with Crippen LogP contribution < -0.4 is 5.32 Å². The molecule has 0 aliphatic carbocycles. The molecular weight excluding hydrogens is 709 g/mol. The number of carbonyl (C=O) groups excluding carboxylic acids is 6. The zero-order valence-corrected chi connectivity index (χ0v) is 26.5. The van der Waals surface area contributed by atoms with Crippen LogP contribution in [-0.4, -0.2) is 115 Å². The van der Waals surface area contributed by atoms with Gasteiger partial charge in [0.05, 0.1) is 25.3 Å². The first kappa shape index (κ1) is 42.5. The molecule has 1 aliphatic heterocycles. The van der Waals surface area contributed by atoms with E-state index in [4.69, 9.17) is 23.7 Å². The first-order valence-electron chi connectivity index (χ1n) is 13.2. The second-order valence-electron chi connectivity index (χ2n) is 10.1. The van der Waals surface area contributed by atoms with Crippen LogP contribution in [0.3, 0.4) is 0 Å². The SMILES string of the molecule is COC(=O)[C@]1(OC(C)=O)C[C@H](OC(C)=O)[C@@H](NC(C)=O)C([C@@H](OC(C)=O)[C@@H](CSCC(F)(F)C(F)(F)C(F)(F)C(F)(F)F)OC(C)=O)O1. The van der Waals surface area contributed by atoms with E-state index in [1.54, 1.807) is 0 Å². The van der Waals surface area contributed by atoms with E-state index in [-0.39, 0.29) is 0 Å². The van der Waals surface area contributed by atoms with Gasteiger partial charge in [-0.15, -0.1) is 0 Å². The number of rotatable bonds is 14. The molecule has 1 N–H and O–H groups in total. The Kier molecular flexibility index (Phi) is 14.0. The van der Waals surface area contributed by atoms with Gasteiger partial charge in [0.15, 0.2) is 12.2 Å². The fraction of sp³-hybridized carbons (Fsp3) is 0.760. The van der Waals surface area contributed by atoms with E-state index in [0.717, 1.165) is 34.8 Å². The molecule has 1 saturated heterocycles. The Balaban J connectivity index is 3.80.